The third-order valence-corrected chi connectivity index (χ3v) is 6.54. The third kappa shape index (κ3) is 3.33. The van der Waals surface area contributed by atoms with Gasteiger partial charge in [-0.2, -0.15) is 0 Å². The molecule has 1 aromatic heterocycles. The monoisotopic (exact) mass is 340 g/mol. The number of aryl methyl sites for hydroxylation is 2. The third-order valence-electron chi connectivity index (χ3n) is 5.29. The number of hydrogen-bond donors (Lipinski definition) is 0. The largest absolute Gasteiger partial charge is 0.135 e. The SMILES string of the molecule is Cc1ccc2c3c(sc2c1C(CC(C)(C)C)C(C)(C)C)C=CCC3. The molecule has 0 fully saturated rings. The highest BCUT2D eigenvalue weighted by Gasteiger charge is 2.33. The van der Waals surface area contributed by atoms with Crippen LogP contribution in [0.25, 0.3) is 16.2 Å². The summed E-state index contributed by atoms with van der Waals surface area (Å²) in [5.74, 6) is 0.588. The van der Waals surface area contributed by atoms with Crippen LogP contribution in [0.3, 0.4) is 0 Å². The maximum absolute atomic E-state index is 2.41. The van der Waals surface area contributed by atoms with Crippen molar-refractivity contribution in [2.75, 3.05) is 0 Å². The molecule has 0 saturated carbocycles. The van der Waals surface area contributed by atoms with Gasteiger partial charge in [-0.3, -0.25) is 0 Å². The van der Waals surface area contributed by atoms with Gasteiger partial charge in [0.25, 0.3) is 0 Å². The molecule has 0 amide bonds. The average molecular weight is 341 g/mol. The molecule has 1 aliphatic carbocycles. The number of benzene rings is 1. The maximum Gasteiger partial charge on any atom is 0.0389 e. The summed E-state index contributed by atoms with van der Waals surface area (Å²) in [5.41, 5.74) is 5.27. The minimum Gasteiger partial charge on any atom is -0.135 e. The molecule has 2 aromatic rings. The minimum absolute atomic E-state index is 0.270. The van der Waals surface area contributed by atoms with Crippen molar-refractivity contribution >= 4 is 27.5 Å². The molecule has 1 atom stereocenters. The topological polar surface area (TPSA) is 0 Å². The fourth-order valence-electron chi connectivity index (χ4n) is 4.05. The molecular formula is C23H32S. The molecule has 1 heteroatoms. The first kappa shape index (κ1) is 17.7. The summed E-state index contributed by atoms with van der Waals surface area (Å²) in [6, 6.07) is 4.74. The van der Waals surface area contributed by atoms with E-state index < -0.39 is 0 Å². The van der Waals surface area contributed by atoms with Crippen LogP contribution >= 0.6 is 11.3 Å². The van der Waals surface area contributed by atoms with Crippen LogP contribution in [0.5, 0.6) is 0 Å². The van der Waals surface area contributed by atoms with Crippen LogP contribution in [-0.4, -0.2) is 0 Å². The van der Waals surface area contributed by atoms with E-state index >= 15 is 0 Å². The highest BCUT2D eigenvalue weighted by atomic mass is 32.1. The van der Waals surface area contributed by atoms with Gasteiger partial charge in [-0.25, -0.2) is 0 Å². The Hall–Kier alpha value is -1.08. The van der Waals surface area contributed by atoms with Crippen LogP contribution in [0.2, 0.25) is 0 Å². The van der Waals surface area contributed by atoms with E-state index in [-0.39, 0.29) is 5.41 Å². The standard InChI is InChI=1S/C23H32S/c1-15-12-13-17-16-10-8-9-11-19(16)24-21(17)20(15)18(23(5,6)7)14-22(2,3)4/h9,11-13,18H,8,10,14H2,1-7H3. The van der Waals surface area contributed by atoms with Gasteiger partial charge in [0.05, 0.1) is 0 Å². The number of rotatable bonds is 2. The fraction of sp³-hybridized carbons (Fsp3) is 0.565. The van der Waals surface area contributed by atoms with Crippen LogP contribution < -0.4 is 0 Å². The lowest BCUT2D eigenvalue weighted by Crippen LogP contribution is -2.24. The van der Waals surface area contributed by atoms with Crippen molar-refractivity contribution in [1.82, 2.24) is 0 Å². The summed E-state index contributed by atoms with van der Waals surface area (Å²) in [4.78, 5) is 1.49. The van der Waals surface area contributed by atoms with E-state index in [1.54, 1.807) is 15.8 Å². The van der Waals surface area contributed by atoms with Crippen LogP contribution in [0.15, 0.2) is 18.2 Å². The van der Waals surface area contributed by atoms with Crippen LogP contribution in [-0.2, 0) is 6.42 Å². The molecule has 3 rings (SSSR count). The Bertz CT molecular complexity index is 775. The summed E-state index contributed by atoms with van der Waals surface area (Å²) in [6.45, 7) is 16.7. The Labute approximate surface area is 152 Å². The molecule has 1 heterocycles. The second-order valence-corrected chi connectivity index (χ2v) is 10.8. The van der Waals surface area contributed by atoms with Crippen LogP contribution in [0.1, 0.15) is 81.9 Å². The number of allylic oxidation sites excluding steroid dienone is 1. The Morgan fingerprint density at radius 2 is 1.79 bits per heavy atom. The second-order valence-electron chi connectivity index (χ2n) is 9.74. The molecule has 0 saturated heterocycles. The van der Waals surface area contributed by atoms with Crippen molar-refractivity contribution in [1.29, 1.82) is 0 Å². The lowest BCUT2D eigenvalue weighted by molar-refractivity contribution is 0.230. The molecule has 0 aliphatic heterocycles. The fourth-order valence-corrected chi connectivity index (χ4v) is 5.48. The first-order valence-electron chi connectivity index (χ1n) is 9.29. The van der Waals surface area contributed by atoms with E-state index in [4.69, 9.17) is 0 Å². The summed E-state index contributed by atoms with van der Waals surface area (Å²) in [5, 5.41) is 1.52. The van der Waals surface area contributed by atoms with Crippen LogP contribution in [0.4, 0.5) is 0 Å². The number of hydrogen-bond acceptors (Lipinski definition) is 1. The van der Waals surface area contributed by atoms with E-state index in [2.05, 4.69) is 72.8 Å². The molecule has 0 radical (unpaired) electrons. The zero-order valence-electron chi connectivity index (χ0n) is 16.4. The van der Waals surface area contributed by atoms with Crippen molar-refractivity contribution in [2.45, 2.75) is 73.6 Å². The van der Waals surface area contributed by atoms with Crippen molar-refractivity contribution in [3.63, 3.8) is 0 Å². The predicted molar refractivity (Wildman–Crippen MR) is 110 cm³/mol. The smallest absolute Gasteiger partial charge is 0.0389 e. The van der Waals surface area contributed by atoms with Crippen molar-refractivity contribution in [3.8, 4) is 0 Å². The predicted octanol–water partition coefficient (Wildman–Crippen LogP) is 7.74. The van der Waals surface area contributed by atoms with E-state index in [0.29, 0.717) is 11.3 Å². The highest BCUT2D eigenvalue weighted by Crippen LogP contribution is 2.49. The van der Waals surface area contributed by atoms with Crippen LogP contribution in [0, 0.1) is 17.8 Å². The highest BCUT2D eigenvalue weighted by molar-refractivity contribution is 7.20. The summed E-state index contributed by atoms with van der Waals surface area (Å²) in [6.07, 6.45) is 8.30. The normalized spacial score (nSPS) is 16.5. The van der Waals surface area contributed by atoms with Crippen molar-refractivity contribution < 1.29 is 0 Å². The Balaban J connectivity index is 2.24. The molecule has 1 unspecified atom stereocenters. The van der Waals surface area contributed by atoms with Gasteiger partial charge in [-0.1, -0.05) is 59.8 Å². The van der Waals surface area contributed by atoms with Gasteiger partial charge < -0.3 is 0 Å². The number of thiophene rings is 1. The molecule has 1 aliphatic rings. The van der Waals surface area contributed by atoms with Gasteiger partial charge >= 0.3 is 0 Å². The first-order valence-corrected chi connectivity index (χ1v) is 10.1. The Morgan fingerprint density at radius 1 is 1.08 bits per heavy atom. The Kier molecular flexibility index (Phi) is 4.45. The second kappa shape index (κ2) is 6.02. The number of fused-ring (bicyclic) bond motifs is 3. The van der Waals surface area contributed by atoms with Crippen molar-refractivity contribution in [2.24, 2.45) is 10.8 Å². The molecular weight excluding hydrogens is 308 g/mol. The van der Waals surface area contributed by atoms with Gasteiger partial charge in [-0.15, -0.1) is 11.3 Å². The first-order chi connectivity index (χ1) is 11.1. The van der Waals surface area contributed by atoms with Gasteiger partial charge in [0, 0.05) is 9.58 Å². The minimum atomic E-state index is 0.270. The molecule has 130 valence electrons. The summed E-state index contributed by atoms with van der Waals surface area (Å²) < 4.78 is 1.55. The zero-order chi connectivity index (χ0) is 17.7. The van der Waals surface area contributed by atoms with E-state index in [0.717, 1.165) is 0 Å². The Morgan fingerprint density at radius 3 is 2.42 bits per heavy atom. The molecule has 0 bridgehead atoms. The van der Waals surface area contributed by atoms with E-state index in [1.165, 1.54) is 35.1 Å². The molecule has 24 heavy (non-hydrogen) atoms. The van der Waals surface area contributed by atoms with Gasteiger partial charge in [0.1, 0.15) is 0 Å². The molecule has 0 nitrogen and oxygen atoms in total. The molecule has 1 aromatic carbocycles. The van der Waals surface area contributed by atoms with Gasteiger partial charge in [0.15, 0.2) is 0 Å². The lowest BCUT2D eigenvalue weighted by atomic mass is 9.68. The zero-order valence-corrected chi connectivity index (χ0v) is 17.2. The molecule has 0 N–H and O–H groups in total. The lowest BCUT2D eigenvalue weighted by Gasteiger charge is -2.37. The summed E-state index contributed by atoms with van der Waals surface area (Å²) in [7, 11) is 0. The average Bonchev–Trinajstić information content (AvgIpc) is 2.81. The van der Waals surface area contributed by atoms with Crippen molar-refractivity contribution in [3.05, 3.63) is 39.8 Å². The maximum atomic E-state index is 2.41. The van der Waals surface area contributed by atoms with E-state index in [1.807, 2.05) is 11.3 Å². The van der Waals surface area contributed by atoms with Gasteiger partial charge in [0.2, 0.25) is 0 Å². The molecule has 0 spiro atoms. The summed E-state index contributed by atoms with van der Waals surface area (Å²) >= 11 is 2.02. The quantitative estimate of drug-likeness (QED) is 0.524. The van der Waals surface area contributed by atoms with Gasteiger partial charge in [-0.05, 0) is 71.1 Å². The van der Waals surface area contributed by atoms with E-state index in [9.17, 15) is 0 Å².